The standard InChI is InChI=1S/C20H22N4O3/c1-14-8-9-21-18(10-14)23-19(25)12-24(2)13-20-22-11-17(27-20)15-4-6-16(26-3)7-5-15/h4-11H,12-13H2,1-3H3,(H,21,23,25). The molecule has 0 aliphatic heterocycles. The predicted octanol–water partition coefficient (Wildman–Crippen LogP) is 3.12. The van der Waals surface area contributed by atoms with E-state index in [1.54, 1.807) is 19.5 Å². The lowest BCUT2D eigenvalue weighted by Gasteiger charge is -2.14. The molecule has 1 amide bonds. The van der Waals surface area contributed by atoms with Gasteiger partial charge in [0.1, 0.15) is 11.6 Å². The van der Waals surface area contributed by atoms with Gasteiger partial charge in [-0.3, -0.25) is 9.69 Å². The summed E-state index contributed by atoms with van der Waals surface area (Å²) in [6, 6.07) is 11.3. The number of benzene rings is 1. The molecular weight excluding hydrogens is 344 g/mol. The number of anilines is 1. The fraction of sp³-hybridized carbons (Fsp3) is 0.250. The summed E-state index contributed by atoms with van der Waals surface area (Å²) in [7, 11) is 3.46. The highest BCUT2D eigenvalue weighted by atomic mass is 16.5. The van der Waals surface area contributed by atoms with Crippen LogP contribution in [0.2, 0.25) is 0 Å². The Balaban J connectivity index is 1.55. The number of likely N-dealkylation sites (N-methyl/N-ethyl adjacent to an activating group) is 1. The summed E-state index contributed by atoms with van der Waals surface area (Å²) in [6.07, 6.45) is 3.35. The second-order valence-corrected chi connectivity index (χ2v) is 6.29. The van der Waals surface area contributed by atoms with Crippen molar-refractivity contribution < 1.29 is 13.9 Å². The van der Waals surface area contributed by atoms with Gasteiger partial charge in [0.2, 0.25) is 11.8 Å². The Morgan fingerprint density at radius 3 is 2.70 bits per heavy atom. The minimum absolute atomic E-state index is 0.141. The largest absolute Gasteiger partial charge is 0.497 e. The van der Waals surface area contributed by atoms with Crippen LogP contribution in [0, 0.1) is 6.92 Å². The van der Waals surface area contributed by atoms with Crippen LogP contribution in [0.3, 0.4) is 0 Å². The first-order valence-corrected chi connectivity index (χ1v) is 8.53. The molecule has 0 fully saturated rings. The summed E-state index contributed by atoms with van der Waals surface area (Å²) >= 11 is 0. The van der Waals surface area contributed by atoms with Crippen LogP contribution in [0.5, 0.6) is 5.75 Å². The average Bonchev–Trinajstić information content (AvgIpc) is 3.10. The second kappa shape index (κ2) is 8.46. The van der Waals surface area contributed by atoms with E-state index in [9.17, 15) is 4.79 Å². The van der Waals surface area contributed by atoms with Crippen molar-refractivity contribution >= 4 is 11.7 Å². The summed E-state index contributed by atoms with van der Waals surface area (Å²) in [5, 5.41) is 2.79. The number of oxazole rings is 1. The smallest absolute Gasteiger partial charge is 0.239 e. The van der Waals surface area contributed by atoms with Crippen LogP contribution >= 0.6 is 0 Å². The van der Waals surface area contributed by atoms with E-state index >= 15 is 0 Å². The van der Waals surface area contributed by atoms with Gasteiger partial charge in [-0.15, -0.1) is 0 Å². The Hall–Kier alpha value is -3.19. The van der Waals surface area contributed by atoms with Crippen molar-refractivity contribution in [3.63, 3.8) is 0 Å². The van der Waals surface area contributed by atoms with Crippen LogP contribution in [0.4, 0.5) is 5.82 Å². The number of ether oxygens (including phenoxy) is 1. The molecule has 3 aromatic rings. The minimum Gasteiger partial charge on any atom is -0.497 e. The van der Waals surface area contributed by atoms with Gasteiger partial charge in [0.15, 0.2) is 5.76 Å². The van der Waals surface area contributed by atoms with Gasteiger partial charge in [0.25, 0.3) is 0 Å². The molecule has 7 nitrogen and oxygen atoms in total. The molecule has 0 radical (unpaired) electrons. The second-order valence-electron chi connectivity index (χ2n) is 6.29. The van der Waals surface area contributed by atoms with E-state index in [0.29, 0.717) is 24.0 Å². The van der Waals surface area contributed by atoms with Gasteiger partial charge in [-0.2, -0.15) is 0 Å². The maximum absolute atomic E-state index is 12.2. The van der Waals surface area contributed by atoms with E-state index < -0.39 is 0 Å². The maximum Gasteiger partial charge on any atom is 0.239 e. The predicted molar refractivity (Wildman–Crippen MR) is 102 cm³/mol. The number of hydrogen-bond donors (Lipinski definition) is 1. The lowest BCUT2D eigenvalue weighted by Crippen LogP contribution is -2.30. The number of aromatic nitrogens is 2. The molecule has 2 heterocycles. The molecule has 0 bridgehead atoms. The maximum atomic E-state index is 12.2. The Morgan fingerprint density at radius 2 is 2.00 bits per heavy atom. The molecule has 0 aliphatic carbocycles. The number of carbonyl (C=O) groups is 1. The summed E-state index contributed by atoms with van der Waals surface area (Å²) < 4.78 is 10.9. The SMILES string of the molecule is COc1ccc(-c2cnc(CN(C)CC(=O)Nc3cc(C)ccn3)o2)cc1. The number of pyridine rings is 1. The zero-order chi connectivity index (χ0) is 19.2. The van der Waals surface area contributed by atoms with Crippen molar-refractivity contribution in [2.24, 2.45) is 0 Å². The fourth-order valence-electron chi connectivity index (χ4n) is 2.59. The Kier molecular flexibility index (Phi) is 5.83. The number of carbonyl (C=O) groups excluding carboxylic acids is 1. The van der Waals surface area contributed by atoms with Gasteiger partial charge in [0, 0.05) is 11.8 Å². The molecule has 0 spiro atoms. The van der Waals surface area contributed by atoms with Crippen molar-refractivity contribution in [3.8, 4) is 17.1 Å². The fourth-order valence-corrected chi connectivity index (χ4v) is 2.59. The van der Waals surface area contributed by atoms with E-state index in [-0.39, 0.29) is 12.5 Å². The zero-order valence-electron chi connectivity index (χ0n) is 15.6. The first-order valence-electron chi connectivity index (χ1n) is 8.53. The quantitative estimate of drug-likeness (QED) is 0.692. The molecule has 0 saturated carbocycles. The van der Waals surface area contributed by atoms with Crippen LogP contribution in [0.25, 0.3) is 11.3 Å². The van der Waals surface area contributed by atoms with Crippen molar-refractivity contribution in [2.45, 2.75) is 13.5 Å². The van der Waals surface area contributed by atoms with Gasteiger partial charge in [0.05, 0.1) is 26.4 Å². The molecule has 1 aromatic carbocycles. The first-order chi connectivity index (χ1) is 13.0. The van der Waals surface area contributed by atoms with Crippen LogP contribution in [-0.4, -0.2) is 41.5 Å². The van der Waals surface area contributed by atoms with Crippen LogP contribution in [-0.2, 0) is 11.3 Å². The minimum atomic E-state index is -0.141. The zero-order valence-corrected chi connectivity index (χ0v) is 15.6. The molecule has 0 atom stereocenters. The van der Waals surface area contributed by atoms with Crippen molar-refractivity contribution in [2.75, 3.05) is 26.0 Å². The first kappa shape index (κ1) is 18.6. The Bertz CT molecular complexity index is 906. The molecule has 7 heteroatoms. The molecule has 27 heavy (non-hydrogen) atoms. The molecule has 2 aromatic heterocycles. The van der Waals surface area contributed by atoms with Crippen molar-refractivity contribution in [1.29, 1.82) is 0 Å². The van der Waals surface area contributed by atoms with E-state index in [4.69, 9.17) is 9.15 Å². The summed E-state index contributed by atoms with van der Waals surface area (Å²) in [4.78, 5) is 22.4. The highest BCUT2D eigenvalue weighted by Crippen LogP contribution is 2.23. The van der Waals surface area contributed by atoms with Gasteiger partial charge < -0.3 is 14.5 Å². The number of methoxy groups -OCH3 is 1. The van der Waals surface area contributed by atoms with Crippen LogP contribution in [0.1, 0.15) is 11.5 Å². The third-order valence-corrected chi connectivity index (χ3v) is 3.93. The Labute approximate surface area is 158 Å². The third kappa shape index (κ3) is 5.15. The van der Waals surface area contributed by atoms with Crippen molar-refractivity contribution in [1.82, 2.24) is 14.9 Å². The molecule has 1 N–H and O–H groups in total. The van der Waals surface area contributed by atoms with E-state index in [1.807, 2.05) is 55.3 Å². The average molecular weight is 366 g/mol. The van der Waals surface area contributed by atoms with Crippen molar-refractivity contribution in [3.05, 3.63) is 60.2 Å². The number of hydrogen-bond acceptors (Lipinski definition) is 6. The topological polar surface area (TPSA) is 80.5 Å². The summed E-state index contributed by atoms with van der Waals surface area (Å²) in [5.41, 5.74) is 1.96. The molecular formula is C20H22N4O3. The number of amides is 1. The highest BCUT2D eigenvalue weighted by Gasteiger charge is 2.12. The van der Waals surface area contributed by atoms with Gasteiger partial charge in [-0.25, -0.2) is 9.97 Å². The monoisotopic (exact) mass is 366 g/mol. The molecule has 0 aliphatic rings. The normalized spacial score (nSPS) is 10.8. The van der Waals surface area contributed by atoms with Gasteiger partial charge >= 0.3 is 0 Å². The number of rotatable bonds is 7. The lowest BCUT2D eigenvalue weighted by molar-refractivity contribution is -0.117. The van der Waals surface area contributed by atoms with Crippen LogP contribution < -0.4 is 10.1 Å². The third-order valence-electron chi connectivity index (χ3n) is 3.93. The van der Waals surface area contributed by atoms with Gasteiger partial charge in [-0.1, -0.05) is 0 Å². The summed E-state index contributed by atoms with van der Waals surface area (Å²) in [6.45, 7) is 2.58. The van der Waals surface area contributed by atoms with E-state index in [0.717, 1.165) is 16.9 Å². The summed E-state index contributed by atoms with van der Waals surface area (Å²) in [5.74, 6) is 2.41. The van der Waals surface area contributed by atoms with E-state index in [2.05, 4.69) is 15.3 Å². The highest BCUT2D eigenvalue weighted by molar-refractivity contribution is 5.91. The number of nitrogens with zero attached hydrogens (tertiary/aromatic N) is 3. The number of nitrogens with one attached hydrogen (secondary N) is 1. The van der Waals surface area contributed by atoms with Gasteiger partial charge in [-0.05, 0) is 55.9 Å². The van der Waals surface area contributed by atoms with E-state index in [1.165, 1.54) is 0 Å². The molecule has 0 unspecified atom stereocenters. The lowest BCUT2D eigenvalue weighted by atomic mass is 10.2. The van der Waals surface area contributed by atoms with Crippen LogP contribution in [0.15, 0.2) is 53.2 Å². The molecule has 140 valence electrons. The Morgan fingerprint density at radius 1 is 1.22 bits per heavy atom. The number of aryl methyl sites for hydroxylation is 1. The molecule has 3 rings (SSSR count). The molecule has 0 saturated heterocycles.